The first-order chi connectivity index (χ1) is 23.5. The number of aromatic nitrogens is 1. The Kier molecular flexibility index (Phi) is 13.3. The second kappa shape index (κ2) is 16.8. The van der Waals surface area contributed by atoms with E-state index in [0.29, 0.717) is 49.3 Å². The SMILES string of the molecule is C=C(C)[C@H](NC(=O)C(C)(/C=C/c1ccc2ccc([C@@H](C)O)nc2c1)C1CCOC1)C(=O)N[C@@H](C)C(=O)N1CCC[C@@H](C(=O)OCC(Cl)(Cl)Cl)N1. The van der Waals surface area contributed by atoms with Crippen molar-refractivity contribution in [1.82, 2.24) is 26.1 Å². The number of nitrogens with zero attached hydrogens (tertiary/aromatic N) is 2. The summed E-state index contributed by atoms with van der Waals surface area (Å²) in [5, 5.41) is 17.7. The highest BCUT2D eigenvalue weighted by molar-refractivity contribution is 6.67. The van der Waals surface area contributed by atoms with Gasteiger partial charge in [0.05, 0.1) is 29.3 Å². The molecule has 2 aromatic rings. The Balaban J connectivity index is 1.45. The molecule has 4 rings (SSSR count). The fourth-order valence-corrected chi connectivity index (χ4v) is 5.98. The molecule has 0 bridgehead atoms. The molecule has 6 atom stereocenters. The number of hydrogen-bond donors (Lipinski definition) is 4. The Morgan fingerprint density at radius 1 is 1.18 bits per heavy atom. The van der Waals surface area contributed by atoms with Gasteiger partial charge in [0.2, 0.25) is 15.6 Å². The second-order valence-electron chi connectivity index (χ2n) is 13.1. The van der Waals surface area contributed by atoms with E-state index in [4.69, 9.17) is 44.3 Å². The van der Waals surface area contributed by atoms with E-state index in [9.17, 15) is 24.3 Å². The molecule has 0 radical (unpaired) electrons. The number of hydrazine groups is 1. The van der Waals surface area contributed by atoms with Crippen molar-refractivity contribution in [2.45, 2.75) is 75.0 Å². The number of hydrogen-bond acceptors (Lipinski definition) is 9. The molecule has 0 spiro atoms. The van der Waals surface area contributed by atoms with Crippen molar-refractivity contribution < 1.29 is 33.8 Å². The lowest BCUT2D eigenvalue weighted by molar-refractivity contribution is -0.152. The van der Waals surface area contributed by atoms with Crippen LogP contribution in [-0.2, 0) is 28.7 Å². The maximum absolute atomic E-state index is 14.1. The van der Waals surface area contributed by atoms with Crippen LogP contribution in [0.3, 0.4) is 0 Å². The van der Waals surface area contributed by atoms with Gasteiger partial charge in [-0.15, -0.1) is 0 Å². The molecule has 3 heterocycles. The molecule has 0 saturated carbocycles. The number of alkyl halides is 3. The molecule has 1 aromatic carbocycles. The van der Waals surface area contributed by atoms with E-state index >= 15 is 0 Å². The highest BCUT2D eigenvalue weighted by Gasteiger charge is 2.43. The smallest absolute Gasteiger partial charge is 0.325 e. The van der Waals surface area contributed by atoms with Crippen LogP contribution in [-0.4, -0.2) is 87.1 Å². The minimum absolute atomic E-state index is 0.173. The van der Waals surface area contributed by atoms with Crippen LogP contribution >= 0.6 is 34.8 Å². The summed E-state index contributed by atoms with van der Waals surface area (Å²) < 4.78 is 8.93. The average molecular weight is 753 g/mol. The molecule has 15 heteroatoms. The summed E-state index contributed by atoms with van der Waals surface area (Å²) in [4.78, 5) is 58.0. The van der Waals surface area contributed by atoms with Crippen LogP contribution in [0.15, 0.2) is 48.6 Å². The number of pyridine rings is 1. The third-order valence-electron chi connectivity index (χ3n) is 8.93. The largest absolute Gasteiger partial charge is 0.460 e. The van der Waals surface area contributed by atoms with Crippen LogP contribution in [0.2, 0.25) is 0 Å². The Labute approximate surface area is 306 Å². The molecule has 2 saturated heterocycles. The molecule has 4 N–H and O–H groups in total. The summed E-state index contributed by atoms with van der Waals surface area (Å²) >= 11 is 17.0. The lowest BCUT2D eigenvalue weighted by atomic mass is 9.74. The van der Waals surface area contributed by atoms with Gasteiger partial charge in [0, 0.05) is 24.5 Å². The van der Waals surface area contributed by atoms with E-state index in [1.807, 2.05) is 36.4 Å². The molecule has 2 unspecified atom stereocenters. The number of carbonyl (C=O) groups is 4. The van der Waals surface area contributed by atoms with Crippen LogP contribution in [0.4, 0.5) is 0 Å². The van der Waals surface area contributed by atoms with E-state index in [1.54, 1.807) is 26.8 Å². The van der Waals surface area contributed by atoms with Crippen LogP contribution in [0, 0.1) is 11.3 Å². The zero-order chi connectivity index (χ0) is 36.8. The van der Waals surface area contributed by atoms with Gasteiger partial charge < -0.3 is 25.2 Å². The van der Waals surface area contributed by atoms with E-state index < -0.39 is 63.7 Å². The number of halogens is 3. The molecule has 0 aliphatic carbocycles. The Morgan fingerprint density at radius 2 is 1.90 bits per heavy atom. The lowest BCUT2D eigenvalue weighted by Gasteiger charge is -2.35. The van der Waals surface area contributed by atoms with E-state index in [1.165, 1.54) is 11.9 Å². The number of esters is 1. The summed E-state index contributed by atoms with van der Waals surface area (Å²) in [6.45, 7) is 11.2. The Bertz CT molecular complexity index is 1630. The second-order valence-corrected chi connectivity index (χ2v) is 15.6. The normalized spacial score (nSPS) is 21.2. The molecule has 2 aliphatic heterocycles. The first-order valence-electron chi connectivity index (χ1n) is 16.4. The van der Waals surface area contributed by atoms with Crippen LogP contribution in [0.5, 0.6) is 0 Å². The molecule has 1 aromatic heterocycles. The van der Waals surface area contributed by atoms with Crippen LogP contribution in [0.25, 0.3) is 17.0 Å². The number of fused-ring (bicyclic) bond motifs is 1. The number of amides is 3. The minimum atomic E-state index is -1.77. The Hall–Kier alpha value is -3.26. The maximum atomic E-state index is 14.1. The summed E-state index contributed by atoms with van der Waals surface area (Å²) in [5.41, 5.74) is 4.19. The number of nitrogens with one attached hydrogen (secondary N) is 3. The maximum Gasteiger partial charge on any atom is 0.325 e. The van der Waals surface area contributed by atoms with Gasteiger partial charge in [-0.25, -0.2) is 5.43 Å². The fourth-order valence-electron chi connectivity index (χ4n) is 5.82. The number of ether oxygens (including phenoxy) is 2. The quantitative estimate of drug-likeness (QED) is 0.141. The van der Waals surface area contributed by atoms with Gasteiger partial charge in [-0.2, -0.15) is 0 Å². The van der Waals surface area contributed by atoms with Gasteiger partial charge in [0.1, 0.15) is 24.7 Å². The predicted octanol–water partition coefficient (Wildman–Crippen LogP) is 4.32. The molecular weight excluding hydrogens is 709 g/mol. The molecule has 2 aliphatic rings. The summed E-state index contributed by atoms with van der Waals surface area (Å²) in [5.74, 6) is -2.37. The van der Waals surface area contributed by atoms with Crippen molar-refractivity contribution in [3.8, 4) is 0 Å². The number of rotatable bonds is 12. The molecular formula is C35H44Cl3N5O7. The third kappa shape index (κ3) is 10.2. The lowest BCUT2D eigenvalue weighted by Crippen LogP contribution is -2.61. The number of carbonyl (C=O) groups excluding carboxylic acids is 4. The monoisotopic (exact) mass is 751 g/mol. The Morgan fingerprint density at radius 3 is 2.54 bits per heavy atom. The van der Waals surface area contributed by atoms with E-state index in [2.05, 4.69) is 27.6 Å². The predicted molar refractivity (Wildman–Crippen MR) is 192 cm³/mol. The first kappa shape index (κ1) is 39.5. The molecule has 2 fully saturated rings. The van der Waals surface area contributed by atoms with Crippen molar-refractivity contribution in [2.75, 3.05) is 26.4 Å². The zero-order valence-corrected chi connectivity index (χ0v) is 30.8. The van der Waals surface area contributed by atoms with Crippen molar-refractivity contribution in [3.05, 3.63) is 59.8 Å². The topological polar surface area (TPSA) is 159 Å². The van der Waals surface area contributed by atoms with Crippen LogP contribution < -0.4 is 16.1 Å². The van der Waals surface area contributed by atoms with Gasteiger partial charge in [-0.3, -0.25) is 29.2 Å². The van der Waals surface area contributed by atoms with Crippen molar-refractivity contribution >= 4 is 75.5 Å². The standard InChI is InChI=1S/C35H44Cl3N5O7/c1-20(2)29(30(45)39-21(3)31(46)43-15-6-7-27(42-43)32(47)50-19-35(36,37)38)41-33(48)34(5,25-13-16-49-18-25)14-12-23-8-9-24-10-11-26(22(4)44)40-28(24)17-23/h8-12,14,17,21-22,25,27,29,42,44H,1,6-7,13,15-16,18-19H2,2-5H3,(H,39,45)(H,41,48)/b14-12+/t21-,22+,25?,27-,29-,34?/m0/s1. The van der Waals surface area contributed by atoms with Gasteiger partial charge in [0.25, 0.3) is 5.91 Å². The van der Waals surface area contributed by atoms with Gasteiger partial charge in [-0.1, -0.05) is 71.7 Å². The minimum Gasteiger partial charge on any atom is -0.460 e. The summed E-state index contributed by atoms with van der Waals surface area (Å²) in [6, 6.07) is 6.40. The fraction of sp³-hybridized carbons (Fsp3) is 0.514. The average Bonchev–Trinajstić information content (AvgIpc) is 3.63. The first-order valence-corrected chi connectivity index (χ1v) is 17.6. The number of benzene rings is 1. The van der Waals surface area contributed by atoms with Gasteiger partial charge in [0.15, 0.2) is 0 Å². The number of aliphatic hydroxyl groups excluding tert-OH is 1. The van der Waals surface area contributed by atoms with Crippen LogP contribution in [0.1, 0.15) is 64.3 Å². The van der Waals surface area contributed by atoms with E-state index in [-0.39, 0.29) is 12.5 Å². The summed E-state index contributed by atoms with van der Waals surface area (Å²) in [7, 11) is 0. The van der Waals surface area contributed by atoms with E-state index in [0.717, 1.165) is 10.9 Å². The molecule has 12 nitrogen and oxygen atoms in total. The summed E-state index contributed by atoms with van der Waals surface area (Å²) in [6.07, 6.45) is 4.48. The highest BCUT2D eigenvalue weighted by Crippen LogP contribution is 2.37. The zero-order valence-electron chi connectivity index (χ0n) is 28.5. The van der Waals surface area contributed by atoms with Gasteiger partial charge >= 0.3 is 5.97 Å². The van der Waals surface area contributed by atoms with Crippen molar-refractivity contribution in [2.24, 2.45) is 11.3 Å². The number of aliphatic hydroxyl groups is 1. The van der Waals surface area contributed by atoms with Crippen molar-refractivity contribution in [1.29, 1.82) is 0 Å². The third-order valence-corrected chi connectivity index (χ3v) is 9.26. The molecule has 272 valence electrons. The molecule has 50 heavy (non-hydrogen) atoms. The van der Waals surface area contributed by atoms with Crippen molar-refractivity contribution in [3.63, 3.8) is 0 Å². The van der Waals surface area contributed by atoms with Gasteiger partial charge in [-0.05, 0) is 70.2 Å². The molecule has 3 amide bonds. The highest BCUT2D eigenvalue weighted by atomic mass is 35.6.